The van der Waals surface area contributed by atoms with Gasteiger partial charge >= 0.3 is 0 Å². The van der Waals surface area contributed by atoms with Crippen LogP contribution in [0.2, 0.25) is 0 Å². The number of para-hydroxylation sites is 2. The van der Waals surface area contributed by atoms with Crippen LogP contribution in [-0.2, 0) is 13.0 Å². The highest BCUT2D eigenvalue weighted by Crippen LogP contribution is 2.35. The van der Waals surface area contributed by atoms with Crippen molar-refractivity contribution in [2.24, 2.45) is 5.73 Å². The molecule has 1 aliphatic carbocycles. The number of unbranched alkanes of at least 4 members (excludes halogenated alkanes) is 1. The average Bonchev–Trinajstić information content (AvgIpc) is 3.09. The standard InChI is InChI=1S/C22H28N4/c23-14-5-6-15-26(16-22-24-19-11-3-4-12-20(19)25-22)21-13-7-9-17-8-1-2-10-18(17)21/h1-4,8,10-12,21H,5-7,9,13-16,23H2,(H,24,25)/t21-/m0/s1. The van der Waals surface area contributed by atoms with Crippen molar-refractivity contribution < 1.29 is 0 Å². The number of aromatic amines is 1. The molecule has 1 atom stereocenters. The summed E-state index contributed by atoms with van der Waals surface area (Å²) in [7, 11) is 0. The molecular formula is C22H28N4. The largest absolute Gasteiger partial charge is 0.341 e. The molecule has 3 aromatic rings. The van der Waals surface area contributed by atoms with E-state index in [1.165, 1.54) is 30.4 Å². The lowest BCUT2D eigenvalue weighted by molar-refractivity contribution is 0.163. The molecular weight excluding hydrogens is 320 g/mol. The lowest BCUT2D eigenvalue weighted by atomic mass is 9.86. The zero-order valence-electron chi connectivity index (χ0n) is 15.3. The van der Waals surface area contributed by atoms with Crippen molar-refractivity contribution in [3.63, 3.8) is 0 Å². The third kappa shape index (κ3) is 3.67. The summed E-state index contributed by atoms with van der Waals surface area (Å²) in [6.07, 6.45) is 5.89. The number of benzene rings is 2. The number of hydrogen-bond acceptors (Lipinski definition) is 3. The minimum atomic E-state index is 0.478. The first-order chi connectivity index (χ1) is 12.8. The highest BCUT2D eigenvalue weighted by molar-refractivity contribution is 5.74. The number of fused-ring (bicyclic) bond motifs is 2. The van der Waals surface area contributed by atoms with Crippen molar-refractivity contribution in [1.29, 1.82) is 0 Å². The molecule has 2 aromatic carbocycles. The van der Waals surface area contributed by atoms with Crippen LogP contribution in [0.4, 0.5) is 0 Å². The molecule has 0 saturated heterocycles. The first-order valence-electron chi connectivity index (χ1n) is 9.80. The van der Waals surface area contributed by atoms with E-state index in [0.717, 1.165) is 49.3 Å². The summed E-state index contributed by atoms with van der Waals surface area (Å²) in [5.41, 5.74) is 10.9. The van der Waals surface area contributed by atoms with Gasteiger partial charge in [-0.05, 0) is 68.5 Å². The van der Waals surface area contributed by atoms with Gasteiger partial charge in [0.2, 0.25) is 0 Å². The molecule has 26 heavy (non-hydrogen) atoms. The van der Waals surface area contributed by atoms with Crippen LogP contribution in [0.1, 0.15) is 48.7 Å². The summed E-state index contributed by atoms with van der Waals surface area (Å²) in [4.78, 5) is 10.9. The van der Waals surface area contributed by atoms with Crippen molar-refractivity contribution in [3.05, 3.63) is 65.5 Å². The molecule has 1 aromatic heterocycles. The quantitative estimate of drug-likeness (QED) is 0.630. The zero-order valence-corrected chi connectivity index (χ0v) is 15.3. The molecule has 0 aliphatic heterocycles. The van der Waals surface area contributed by atoms with Gasteiger partial charge < -0.3 is 10.7 Å². The molecule has 0 amide bonds. The Morgan fingerprint density at radius 3 is 2.81 bits per heavy atom. The smallest absolute Gasteiger partial charge is 0.121 e. The van der Waals surface area contributed by atoms with Crippen molar-refractivity contribution >= 4 is 11.0 Å². The second-order valence-electron chi connectivity index (χ2n) is 7.27. The van der Waals surface area contributed by atoms with Gasteiger partial charge in [0, 0.05) is 6.04 Å². The van der Waals surface area contributed by atoms with E-state index < -0.39 is 0 Å². The fraction of sp³-hybridized carbons (Fsp3) is 0.409. The van der Waals surface area contributed by atoms with Gasteiger partial charge in [0.1, 0.15) is 5.82 Å². The summed E-state index contributed by atoms with van der Waals surface area (Å²) >= 11 is 0. The normalized spacial score (nSPS) is 16.9. The Morgan fingerprint density at radius 1 is 1.08 bits per heavy atom. The maximum atomic E-state index is 5.74. The monoisotopic (exact) mass is 348 g/mol. The molecule has 0 saturated carbocycles. The van der Waals surface area contributed by atoms with E-state index in [1.54, 1.807) is 0 Å². The molecule has 4 nitrogen and oxygen atoms in total. The Hall–Kier alpha value is -2.17. The number of nitrogens with two attached hydrogens (primary N) is 1. The van der Waals surface area contributed by atoms with E-state index in [9.17, 15) is 0 Å². The molecule has 0 radical (unpaired) electrons. The third-order valence-electron chi connectivity index (χ3n) is 5.47. The minimum Gasteiger partial charge on any atom is -0.341 e. The molecule has 0 unspecified atom stereocenters. The molecule has 0 fully saturated rings. The van der Waals surface area contributed by atoms with E-state index in [2.05, 4.69) is 52.3 Å². The predicted molar refractivity (Wildman–Crippen MR) is 107 cm³/mol. The lowest BCUT2D eigenvalue weighted by Gasteiger charge is -2.35. The van der Waals surface area contributed by atoms with Gasteiger partial charge in [-0.2, -0.15) is 0 Å². The number of imidazole rings is 1. The Morgan fingerprint density at radius 2 is 1.92 bits per heavy atom. The first kappa shape index (κ1) is 17.3. The van der Waals surface area contributed by atoms with Crippen molar-refractivity contribution in [1.82, 2.24) is 14.9 Å². The fourth-order valence-electron chi connectivity index (χ4n) is 4.18. The van der Waals surface area contributed by atoms with Gasteiger partial charge in [0.05, 0.1) is 17.6 Å². The molecule has 1 heterocycles. The fourth-order valence-corrected chi connectivity index (χ4v) is 4.18. The van der Waals surface area contributed by atoms with Gasteiger partial charge in [0.15, 0.2) is 0 Å². The summed E-state index contributed by atoms with van der Waals surface area (Å²) in [6.45, 7) is 2.69. The van der Waals surface area contributed by atoms with Crippen LogP contribution >= 0.6 is 0 Å². The van der Waals surface area contributed by atoms with Crippen molar-refractivity contribution in [2.75, 3.05) is 13.1 Å². The Kier molecular flexibility index (Phi) is 5.32. The molecule has 4 rings (SSSR count). The molecule has 4 heteroatoms. The van der Waals surface area contributed by atoms with Gasteiger partial charge in [0.25, 0.3) is 0 Å². The first-order valence-corrected chi connectivity index (χ1v) is 9.80. The van der Waals surface area contributed by atoms with Crippen LogP contribution in [0.3, 0.4) is 0 Å². The Balaban J connectivity index is 1.60. The van der Waals surface area contributed by atoms with E-state index >= 15 is 0 Å². The minimum absolute atomic E-state index is 0.478. The number of aryl methyl sites for hydroxylation is 1. The second kappa shape index (κ2) is 8.02. The zero-order chi connectivity index (χ0) is 17.8. The average molecular weight is 348 g/mol. The van der Waals surface area contributed by atoms with Crippen LogP contribution < -0.4 is 5.73 Å². The number of aromatic nitrogens is 2. The molecule has 0 spiro atoms. The Labute approximate surface area is 155 Å². The summed E-state index contributed by atoms with van der Waals surface area (Å²) in [6, 6.07) is 17.7. The van der Waals surface area contributed by atoms with Crippen LogP contribution in [0.25, 0.3) is 11.0 Å². The lowest BCUT2D eigenvalue weighted by Crippen LogP contribution is -2.32. The SMILES string of the molecule is NCCCCN(Cc1nc2ccccc2[nH]1)[C@H]1CCCc2ccccc21. The van der Waals surface area contributed by atoms with Crippen LogP contribution in [0, 0.1) is 0 Å². The number of hydrogen-bond donors (Lipinski definition) is 2. The van der Waals surface area contributed by atoms with Crippen molar-refractivity contribution in [2.45, 2.75) is 44.7 Å². The summed E-state index contributed by atoms with van der Waals surface area (Å²) in [5.74, 6) is 1.06. The highest BCUT2D eigenvalue weighted by atomic mass is 15.2. The summed E-state index contributed by atoms with van der Waals surface area (Å²) in [5, 5.41) is 0. The maximum Gasteiger partial charge on any atom is 0.121 e. The van der Waals surface area contributed by atoms with Crippen LogP contribution in [0.15, 0.2) is 48.5 Å². The van der Waals surface area contributed by atoms with Crippen LogP contribution in [-0.4, -0.2) is 28.0 Å². The highest BCUT2D eigenvalue weighted by Gasteiger charge is 2.26. The van der Waals surface area contributed by atoms with E-state index in [0.29, 0.717) is 6.04 Å². The second-order valence-corrected chi connectivity index (χ2v) is 7.27. The number of nitrogens with zero attached hydrogens (tertiary/aromatic N) is 2. The topological polar surface area (TPSA) is 57.9 Å². The predicted octanol–water partition coefficient (Wildman–Crippen LogP) is 4.18. The molecule has 1 aliphatic rings. The molecule has 136 valence electrons. The van der Waals surface area contributed by atoms with Gasteiger partial charge in [-0.15, -0.1) is 0 Å². The van der Waals surface area contributed by atoms with E-state index in [-0.39, 0.29) is 0 Å². The maximum absolute atomic E-state index is 5.74. The van der Waals surface area contributed by atoms with Crippen LogP contribution in [0.5, 0.6) is 0 Å². The Bertz CT molecular complexity index is 821. The van der Waals surface area contributed by atoms with Gasteiger partial charge in [-0.1, -0.05) is 36.4 Å². The van der Waals surface area contributed by atoms with Gasteiger partial charge in [-0.3, -0.25) is 4.90 Å². The van der Waals surface area contributed by atoms with Crippen molar-refractivity contribution in [3.8, 4) is 0 Å². The number of nitrogens with one attached hydrogen (secondary N) is 1. The van der Waals surface area contributed by atoms with Gasteiger partial charge in [-0.25, -0.2) is 4.98 Å². The number of H-pyrrole nitrogens is 1. The summed E-state index contributed by atoms with van der Waals surface area (Å²) < 4.78 is 0. The van der Waals surface area contributed by atoms with E-state index in [1.807, 2.05) is 6.07 Å². The third-order valence-corrected chi connectivity index (χ3v) is 5.47. The van der Waals surface area contributed by atoms with E-state index in [4.69, 9.17) is 10.7 Å². The molecule has 3 N–H and O–H groups in total. The number of rotatable bonds is 7. The molecule has 0 bridgehead atoms.